The standard InChI is InChI=1S/C23H32ClN3O/c1-15(2)25-23-18-9-6-8-17(18)21-19(26-23)14-20(16(3)22(21)24)28-13-7-12-27-10-4-5-11-27/h14-15H,4-13H2,1-3H3,(H,25,26). The normalized spacial score (nSPS) is 16.9. The van der Waals surface area contributed by atoms with Crippen molar-refractivity contribution in [1.29, 1.82) is 0 Å². The fourth-order valence-corrected chi connectivity index (χ4v) is 4.88. The Kier molecular flexibility index (Phi) is 5.98. The molecule has 2 heterocycles. The highest BCUT2D eigenvalue weighted by Gasteiger charge is 2.23. The van der Waals surface area contributed by atoms with E-state index in [9.17, 15) is 0 Å². The van der Waals surface area contributed by atoms with Crippen molar-refractivity contribution in [2.45, 2.75) is 65.3 Å². The maximum atomic E-state index is 6.84. The number of benzene rings is 1. The first-order valence-electron chi connectivity index (χ1n) is 10.8. The molecule has 2 aromatic rings. The molecule has 0 unspecified atom stereocenters. The van der Waals surface area contributed by atoms with Crippen molar-refractivity contribution in [2.75, 3.05) is 31.6 Å². The summed E-state index contributed by atoms with van der Waals surface area (Å²) in [7, 11) is 0. The van der Waals surface area contributed by atoms with Crippen LogP contribution in [0.15, 0.2) is 6.07 Å². The van der Waals surface area contributed by atoms with Gasteiger partial charge in [-0.15, -0.1) is 0 Å². The number of anilines is 1. The molecule has 0 saturated carbocycles. The molecule has 1 saturated heterocycles. The predicted octanol–water partition coefficient (Wildman–Crippen LogP) is 5.37. The number of halogens is 1. The van der Waals surface area contributed by atoms with Gasteiger partial charge in [0.15, 0.2) is 0 Å². The number of hydrogen-bond acceptors (Lipinski definition) is 4. The van der Waals surface area contributed by atoms with Crippen molar-refractivity contribution < 1.29 is 4.74 Å². The van der Waals surface area contributed by atoms with Gasteiger partial charge in [-0.05, 0) is 83.5 Å². The molecular formula is C23H32ClN3O. The second kappa shape index (κ2) is 8.46. The smallest absolute Gasteiger partial charge is 0.130 e. The number of aromatic nitrogens is 1. The highest BCUT2D eigenvalue weighted by Crippen LogP contribution is 2.41. The van der Waals surface area contributed by atoms with Crippen molar-refractivity contribution in [3.8, 4) is 5.75 Å². The van der Waals surface area contributed by atoms with E-state index in [1.54, 1.807) is 0 Å². The number of fused-ring (bicyclic) bond motifs is 3. The summed E-state index contributed by atoms with van der Waals surface area (Å²) >= 11 is 6.84. The van der Waals surface area contributed by atoms with Gasteiger partial charge in [-0.25, -0.2) is 4.98 Å². The third kappa shape index (κ3) is 3.95. The zero-order valence-corrected chi connectivity index (χ0v) is 18.2. The first-order valence-corrected chi connectivity index (χ1v) is 11.2. The fourth-order valence-electron chi connectivity index (χ4n) is 4.58. The molecule has 1 fully saturated rings. The van der Waals surface area contributed by atoms with E-state index >= 15 is 0 Å². The van der Waals surface area contributed by atoms with E-state index in [0.29, 0.717) is 6.04 Å². The maximum absolute atomic E-state index is 6.84. The van der Waals surface area contributed by atoms with Crippen molar-refractivity contribution >= 4 is 28.3 Å². The summed E-state index contributed by atoms with van der Waals surface area (Å²) in [5.41, 5.74) is 4.72. The highest BCUT2D eigenvalue weighted by molar-refractivity contribution is 6.36. The Morgan fingerprint density at radius 1 is 1.18 bits per heavy atom. The lowest BCUT2D eigenvalue weighted by molar-refractivity contribution is 0.262. The van der Waals surface area contributed by atoms with Crippen LogP contribution in [0.4, 0.5) is 5.82 Å². The van der Waals surface area contributed by atoms with Gasteiger partial charge in [-0.1, -0.05) is 11.6 Å². The second-order valence-corrected chi connectivity index (χ2v) is 8.91. The third-order valence-electron chi connectivity index (χ3n) is 5.98. The zero-order valence-electron chi connectivity index (χ0n) is 17.4. The van der Waals surface area contributed by atoms with Crippen LogP contribution in [0, 0.1) is 6.92 Å². The van der Waals surface area contributed by atoms with Gasteiger partial charge in [0.2, 0.25) is 0 Å². The quantitative estimate of drug-likeness (QED) is 0.633. The summed E-state index contributed by atoms with van der Waals surface area (Å²) in [5, 5.41) is 5.48. The summed E-state index contributed by atoms with van der Waals surface area (Å²) in [6.07, 6.45) is 7.06. The average Bonchev–Trinajstić information content (AvgIpc) is 3.33. The Labute approximate surface area is 173 Å². The second-order valence-electron chi connectivity index (χ2n) is 8.53. The highest BCUT2D eigenvalue weighted by atomic mass is 35.5. The van der Waals surface area contributed by atoms with Crippen molar-refractivity contribution in [3.63, 3.8) is 0 Å². The van der Waals surface area contributed by atoms with Crippen LogP contribution in [0.1, 0.15) is 56.2 Å². The van der Waals surface area contributed by atoms with Gasteiger partial charge in [0.1, 0.15) is 11.6 Å². The Morgan fingerprint density at radius 2 is 1.93 bits per heavy atom. The molecule has 1 aliphatic heterocycles. The average molecular weight is 402 g/mol. The van der Waals surface area contributed by atoms with Crippen LogP contribution in [-0.4, -0.2) is 42.2 Å². The molecule has 0 radical (unpaired) electrons. The van der Waals surface area contributed by atoms with E-state index in [1.165, 1.54) is 43.5 Å². The molecule has 152 valence electrons. The van der Waals surface area contributed by atoms with Gasteiger partial charge in [-0.3, -0.25) is 0 Å². The number of likely N-dealkylation sites (tertiary alicyclic amines) is 1. The molecule has 28 heavy (non-hydrogen) atoms. The minimum atomic E-state index is 0.358. The van der Waals surface area contributed by atoms with Crippen LogP contribution in [0.5, 0.6) is 5.75 Å². The largest absolute Gasteiger partial charge is 0.493 e. The minimum Gasteiger partial charge on any atom is -0.493 e. The van der Waals surface area contributed by atoms with Gasteiger partial charge >= 0.3 is 0 Å². The Hall–Kier alpha value is -1.52. The summed E-state index contributed by atoms with van der Waals surface area (Å²) in [5.74, 6) is 1.90. The number of hydrogen-bond donors (Lipinski definition) is 1. The van der Waals surface area contributed by atoms with Gasteiger partial charge in [0, 0.05) is 29.6 Å². The monoisotopic (exact) mass is 401 g/mol. The molecule has 0 amide bonds. The molecule has 4 rings (SSSR count). The summed E-state index contributed by atoms with van der Waals surface area (Å²) < 4.78 is 6.15. The minimum absolute atomic E-state index is 0.358. The molecule has 1 aliphatic carbocycles. The lowest BCUT2D eigenvalue weighted by Crippen LogP contribution is -2.22. The van der Waals surface area contributed by atoms with Crippen molar-refractivity contribution in [3.05, 3.63) is 27.8 Å². The molecule has 2 aliphatic rings. The lowest BCUT2D eigenvalue weighted by atomic mass is 10.0. The van der Waals surface area contributed by atoms with E-state index in [4.69, 9.17) is 21.3 Å². The van der Waals surface area contributed by atoms with Crippen LogP contribution in [0.25, 0.3) is 10.9 Å². The van der Waals surface area contributed by atoms with Gasteiger partial charge in [0.25, 0.3) is 0 Å². The number of pyridine rings is 1. The van der Waals surface area contributed by atoms with E-state index in [2.05, 4.69) is 37.1 Å². The molecule has 1 N–H and O–H groups in total. The molecular weight excluding hydrogens is 370 g/mol. The molecule has 4 nitrogen and oxygen atoms in total. The van der Waals surface area contributed by atoms with E-state index < -0.39 is 0 Å². The zero-order chi connectivity index (χ0) is 19.7. The van der Waals surface area contributed by atoms with Gasteiger partial charge in [-0.2, -0.15) is 0 Å². The molecule has 0 atom stereocenters. The van der Waals surface area contributed by atoms with E-state index in [0.717, 1.165) is 65.5 Å². The first-order chi connectivity index (χ1) is 13.5. The number of nitrogens with zero attached hydrogens (tertiary/aromatic N) is 2. The molecule has 0 spiro atoms. The number of rotatable bonds is 7. The van der Waals surface area contributed by atoms with Crippen LogP contribution < -0.4 is 10.1 Å². The summed E-state index contributed by atoms with van der Waals surface area (Å²) in [6, 6.07) is 2.45. The number of nitrogens with one attached hydrogen (secondary N) is 1. The van der Waals surface area contributed by atoms with Crippen LogP contribution in [0.2, 0.25) is 5.02 Å². The molecule has 1 aromatic carbocycles. The SMILES string of the molecule is Cc1c(OCCCN2CCCC2)cc2nc(NC(C)C)c3c(c2c1Cl)CCC3. The Bertz CT molecular complexity index is 859. The molecule has 1 aromatic heterocycles. The first kappa shape index (κ1) is 19.8. The number of aryl methyl sites for hydroxylation is 1. The van der Waals surface area contributed by atoms with Crippen molar-refractivity contribution in [2.24, 2.45) is 0 Å². The van der Waals surface area contributed by atoms with E-state index in [-0.39, 0.29) is 0 Å². The third-order valence-corrected chi connectivity index (χ3v) is 6.45. The topological polar surface area (TPSA) is 37.4 Å². The van der Waals surface area contributed by atoms with Gasteiger partial charge in [0.05, 0.1) is 17.1 Å². The lowest BCUT2D eigenvalue weighted by Gasteiger charge is -2.19. The predicted molar refractivity (Wildman–Crippen MR) is 118 cm³/mol. The van der Waals surface area contributed by atoms with E-state index in [1.807, 2.05) is 0 Å². The maximum Gasteiger partial charge on any atom is 0.130 e. The number of ether oxygens (including phenoxy) is 1. The van der Waals surface area contributed by atoms with Crippen molar-refractivity contribution in [1.82, 2.24) is 9.88 Å². The van der Waals surface area contributed by atoms with Gasteiger partial charge < -0.3 is 15.0 Å². The Morgan fingerprint density at radius 3 is 2.68 bits per heavy atom. The fraction of sp³-hybridized carbons (Fsp3) is 0.609. The van der Waals surface area contributed by atoms with Crippen LogP contribution in [-0.2, 0) is 12.8 Å². The summed E-state index contributed by atoms with van der Waals surface area (Å²) in [4.78, 5) is 7.48. The van der Waals surface area contributed by atoms with Crippen LogP contribution in [0.3, 0.4) is 0 Å². The van der Waals surface area contributed by atoms with Crippen LogP contribution >= 0.6 is 11.6 Å². The molecule has 0 bridgehead atoms. The Balaban J connectivity index is 1.59. The summed E-state index contributed by atoms with van der Waals surface area (Å²) in [6.45, 7) is 10.7. The molecule has 5 heteroatoms.